The van der Waals surface area contributed by atoms with Crippen LogP contribution in [0.3, 0.4) is 0 Å². The standard InChI is InChI=1S/C14H14Cl2N2O/c1-8(2)10-5-4-9(3)11(6-10)19-12-7-13(15)17-18-14(12)16/h4-8H,1-3H3. The minimum atomic E-state index is 0.193. The van der Waals surface area contributed by atoms with Crippen molar-refractivity contribution in [3.8, 4) is 11.5 Å². The summed E-state index contributed by atoms with van der Waals surface area (Å²) in [6.45, 7) is 6.24. The van der Waals surface area contributed by atoms with Gasteiger partial charge in [0.2, 0.25) is 0 Å². The van der Waals surface area contributed by atoms with Crippen LogP contribution in [0.1, 0.15) is 30.9 Å². The minimum Gasteiger partial charge on any atom is -0.454 e. The molecule has 19 heavy (non-hydrogen) atoms. The Labute approximate surface area is 122 Å². The van der Waals surface area contributed by atoms with E-state index in [4.69, 9.17) is 27.9 Å². The van der Waals surface area contributed by atoms with E-state index in [1.807, 2.05) is 19.1 Å². The molecule has 0 aliphatic heterocycles. The molecule has 0 atom stereocenters. The normalized spacial score (nSPS) is 10.8. The van der Waals surface area contributed by atoms with Gasteiger partial charge in [-0.3, -0.25) is 0 Å². The summed E-state index contributed by atoms with van der Waals surface area (Å²) in [5, 5.41) is 7.81. The van der Waals surface area contributed by atoms with Crippen molar-refractivity contribution in [2.75, 3.05) is 0 Å². The number of hydrogen-bond acceptors (Lipinski definition) is 3. The second-order valence-corrected chi connectivity index (χ2v) is 5.35. The zero-order valence-corrected chi connectivity index (χ0v) is 12.5. The number of ether oxygens (including phenoxy) is 1. The summed E-state index contributed by atoms with van der Waals surface area (Å²) < 4.78 is 5.79. The summed E-state index contributed by atoms with van der Waals surface area (Å²) in [4.78, 5) is 0. The van der Waals surface area contributed by atoms with Crippen LogP contribution in [0, 0.1) is 6.92 Å². The van der Waals surface area contributed by atoms with Crippen LogP contribution in [0.25, 0.3) is 0 Å². The molecule has 2 rings (SSSR count). The molecule has 0 saturated heterocycles. The second kappa shape index (κ2) is 5.76. The first kappa shape index (κ1) is 14.1. The number of aryl methyl sites for hydroxylation is 1. The fourth-order valence-electron chi connectivity index (χ4n) is 1.61. The first-order valence-electron chi connectivity index (χ1n) is 5.94. The zero-order valence-electron chi connectivity index (χ0n) is 10.9. The van der Waals surface area contributed by atoms with Gasteiger partial charge in [0.1, 0.15) is 5.75 Å². The Balaban J connectivity index is 2.37. The van der Waals surface area contributed by atoms with Crippen molar-refractivity contribution < 1.29 is 4.74 Å². The smallest absolute Gasteiger partial charge is 0.194 e. The molecule has 0 spiro atoms. The van der Waals surface area contributed by atoms with E-state index >= 15 is 0 Å². The average Bonchev–Trinajstić information content (AvgIpc) is 2.36. The molecule has 5 heteroatoms. The van der Waals surface area contributed by atoms with Crippen LogP contribution in [-0.2, 0) is 0 Å². The van der Waals surface area contributed by atoms with Gasteiger partial charge in [0.05, 0.1) is 0 Å². The van der Waals surface area contributed by atoms with E-state index in [0.717, 1.165) is 11.3 Å². The first-order valence-corrected chi connectivity index (χ1v) is 6.70. The minimum absolute atomic E-state index is 0.193. The molecule has 1 heterocycles. The van der Waals surface area contributed by atoms with Gasteiger partial charge in [-0.25, -0.2) is 0 Å². The number of aromatic nitrogens is 2. The molecule has 0 bridgehead atoms. The molecule has 0 amide bonds. The topological polar surface area (TPSA) is 35.0 Å². The molecule has 1 aromatic carbocycles. The lowest BCUT2D eigenvalue weighted by Gasteiger charge is -2.13. The molecule has 1 aromatic heterocycles. The summed E-state index contributed by atoms with van der Waals surface area (Å²) in [6, 6.07) is 7.67. The van der Waals surface area contributed by atoms with Crippen LogP contribution in [0.5, 0.6) is 11.5 Å². The SMILES string of the molecule is Cc1ccc(C(C)C)cc1Oc1cc(Cl)nnc1Cl. The van der Waals surface area contributed by atoms with Crippen LogP contribution in [0.15, 0.2) is 24.3 Å². The molecular formula is C14H14Cl2N2O. The van der Waals surface area contributed by atoms with Crippen molar-refractivity contribution in [1.29, 1.82) is 0 Å². The molecule has 3 nitrogen and oxygen atoms in total. The van der Waals surface area contributed by atoms with E-state index in [1.165, 1.54) is 5.56 Å². The predicted molar refractivity (Wildman–Crippen MR) is 77.4 cm³/mol. The van der Waals surface area contributed by atoms with Crippen molar-refractivity contribution in [2.24, 2.45) is 0 Å². The highest BCUT2D eigenvalue weighted by molar-refractivity contribution is 6.32. The van der Waals surface area contributed by atoms with Gasteiger partial charge in [0.25, 0.3) is 0 Å². The van der Waals surface area contributed by atoms with Crippen LogP contribution >= 0.6 is 23.2 Å². The number of rotatable bonds is 3. The Kier molecular flexibility index (Phi) is 4.27. The number of halogens is 2. The zero-order chi connectivity index (χ0) is 14.0. The lowest BCUT2D eigenvalue weighted by molar-refractivity contribution is 0.474. The van der Waals surface area contributed by atoms with E-state index in [1.54, 1.807) is 6.07 Å². The van der Waals surface area contributed by atoms with Gasteiger partial charge in [-0.15, -0.1) is 10.2 Å². The van der Waals surface area contributed by atoms with E-state index in [9.17, 15) is 0 Å². The third-order valence-electron chi connectivity index (χ3n) is 2.79. The predicted octanol–water partition coefficient (Wildman–Crippen LogP) is 5.01. The number of hydrogen-bond donors (Lipinski definition) is 0. The monoisotopic (exact) mass is 296 g/mol. The van der Waals surface area contributed by atoms with Gasteiger partial charge in [-0.2, -0.15) is 0 Å². The quantitative estimate of drug-likeness (QED) is 0.799. The highest BCUT2D eigenvalue weighted by Gasteiger charge is 2.10. The number of nitrogens with zero attached hydrogens (tertiary/aromatic N) is 2. The Morgan fingerprint density at radius 1 is 1.05 bits per heavy atom. The van der Waals surface area contributed by atoms with Crippen molar-refractivity contribution in [1.82, 2.24) is 10.2 Å². The third-order valence-corrected chi connectivity index (χ3v) is 3.23. The third kappa shape index (κ3) is 3.37. The Morgan fingerprint density at radius 2 is 1.79 bits per heavy atom. The fourth-order valence-corrected chi connectivity index (χ4v) is 1.88. The van der Waals surface area contributed by atoms with Gasteiger partial charge < -0.3 is 4.74 Å². The Morgan fingerprint density at radius 3 is 2.47 bits per heavy atom. The van der Waals surface area contributed by atoms with Crippen molar-refractivity contribution in [2.45, 2.75) is 26.7 Å². The summed E-state index contributed by atoms with van der Waals surface area (Å²) in [5.41, 5.74) is 2.22. The maximum absolute atomic E-state index is 5.94. The maximum Gasteiger partial charge on any atom is 0.194 e. The van der Waals surface area contributed by atoms with Gasteiger partial charge in [-0.1, -0.05) is 49.2 Å². The van der Waals surface area contributed by atoms with Crippen LogP contribution < -0.4 is 4.74 Å². The molecule has 2 aromatic rings. The first-order chi connectivity index (χ1) is 8.97. The molecule has 0 fully saturated rings. The highest BCUT2D eigenvalue weighted by atomic mass is 35.5. The summed E-state index contributed by atoms with van der Waals surface area (Å²) in [6.07, 6.45) is 0. The van der Waals surface area contributed by atoms with Gasteiger partial charge >= 0.3 is 0 Å². The largest absolute Gasteiger partial charge is 0.454 e. The highest BCUT2D eigenvalue weighted by Crippen LogP contribution is 2.32. The molecule has 0 N–H and O–H groups in total. The molecule has 0 saturated carbocycles. The van der Waals surface area contributed by atoms with E-state index in [2.05, 4.69) is 30.1 Å². The molecule has 0 radical (unpaired) electrons. The molecule has 100 valence electrons. The molecule has 0 aliphatic rings. The average molecular weight is 297 g/mol. The van der Waals surface area contributed by atoms with Crippen LogP contribution in [0.4, 0.5) is 0 Å². The maximum atomic E-state index is 5.94. The Hall–Kier alpha value is -1.32. The molecular weight excluding hydrogens is 283 g/mol. The fraction of sp³-hybridized carbons (Fsp3) is 0.286. The van der Waals surface area contributed by atoms with Crippen LogP contribution in [0.2, 0.25) is 10.3 Å². The van der Waals surface area contributed by atoms with E-state index in [-0.39, 0.29) is 10.3 Å². The summed E-state index contributed by atoms with van der Waals surface area (Å²) in [7, 11) is 0. The van der Waals surface area contributed by atoms with E-state index < -0.39 is 0 Å². The van der Waals surface area contributed by atoms with Crippen molar-refractivity contribution >= 4 is 23.2 Å². The van der Waals surface area contributed by atoms with Gasteiger partial charge in [0.15, 0.2) is 16.1 Å². The van der Waals surface area contributed by atoms with E-state index in [0.29, 0.717) is 11.7 Å². The summed E-state index contributed by atoms with van der Waals surface area (Å²) in [5.74, 6) is 1.58. The lowest BCUT2D eigenvalue weighted by atomic mass is 10.0. The number of benzene rings is 1. The van der Waals surface area contributed by atoms with Crippen molar-refractivity contribution in [3.05, 3.63) is 45.7 Å². The molecule has 0 aliphatic carbocycles. The van der Waals surface area contributed by atoms with Crippen LogP contribution in [-0.4, -0.2) is 10.2 Å². The molecule has 0 unspecified atom stereocenters. The second-order valence-electron chi connectivity index (χ2n) is 4.60. The van der Waals surface area contributed by atoms with Gasteiger partial charge in [0, 0.05) is 6.07 Å². The van der Waals surface area contributed by atoms with Gasteiger partial charge in [-0.05, 0) is 30.0 Å². The van der Waals surface area contributed by atoms with Crippen molar-refractivity contribution in [3.63, 3.8) is 0 Å². The Bertz CT molecular complexity index is 600. The summed E-state index contributed by atoms with van der Waals surface area (Å²) >= 11 is 11.7. The lowest BCUT2D eigenvalue weighted by Crippen LogP contribution is -1.94.